The second kappa shape index (κ2) is 8.90. The Bertz CT molecular complexity index is 601. The lowest BCUT2D eigenvalue weighted by Crippen LogP contribution is -2.48. The molecule has 3 atom stereocenters. The van der Waals surface area contributed by atoms with Gasteiger partial charge < -0.3 is 14.8 Å². The van der Waals surface area contributed by atoms with Crippen LogP contribution in [0, 0.1) is 19.8 Å². The molecule has 1 fully saturated rings. The van der Waals surface area contributed by atoms with Gasteiger partial charge in [-0.05, 0) is 82.6 Å². The minimum absolute atomic E-state index is 0.0136. The predicted molar refractivity (Wildman–Crippen MR) is 107 cm³/mol. The average Bonchev–Trinajstić information content (AvgIpc) is 2.58. The van der Waals surface area contributed by atoms with Crippen LogP contribution in [0.2, 0.25) is 0 Å². The molecule has 1 saturated carbocycles. The highest BCUT2D eigenvalue weighted by molar-refractivity contribution is 5.97. The Morgan fingerprint density at radius 2 is 1.96 bits per heavy atom. The fraction of sp³-hybridized carbons (Fsp3) is 0.682. The largest absolute Gasteiger partial charge is 0.490 e. The van der Waals surface area contributed by atoms with Crippen molar-refractivity contribution in [3.63, 3.8) is 0 Å². The molecule has 0 saturated heterocycles. The lowest BCUT2D eigenvalue weighted by atomic mass is 9.78. The standard InChI is InChI=1S/C22H35NO3/c1-7-18(6)26-20-16(4)12-19(13-17(20)5)23-21(24)22(25-8-2)11-9-10-15(3)14-22/h12-13,15,18H,7-11,14H2,1-6H3,(H,23,24)/t15-,18+,22-/m1/s1. The number of hydrogen-bond donors (Lipinski definition) is 1. The van der Waals surface area contributed by atoms with Crippen molar-refractivity contribution in [1.29, 1.82) is 0 Å². The number of amides is 1. The van der Waals surface area contributed by atoms with Crippen molar-refractivity contribution < 1.29 is 14.3 Å². The summed E-state index contributed by atoms with van der Waals surface area (Å²) >= 11 is 0. The Hall–Kier alpha value is -1.55. The van der Waals surface area contributed by atoms with Crippen molar-refractivity contribution in [1.82, 2.24) is 0 Å². The zero-order valence-corrected chi connectivity index (χ0v) is 17.3. The molecule has 0 heterocycles. The van der Waals surface area contributed by atoms with E-state index in [-0.39, 0.29) is 12.0 Å². The molecule has 1 N–H and O–H groups in total. The maximum Gasteiger partial charge on any atom is 0.256 e. The van der Waals surface area contributed by atoms with E-state index in [0.717, 1.165) is 48.2 Å². The summed E-state index contributed by atoms with van der Waals surface area (Å²) in [7, 11) is 0. The van der Waals surface area contributed by atoms with Gasteiger partial charge in [-0.25, -0.2) is 0 Å². The Balaban J connectivity index is 2.19. The summed E-state index contributed by atoms with van der Waals surface area (Å²) in [4.78, 5) is 13.1. The van der Waals surface area contributed by atoms with Crippen LogP contribution in [-0.4, -0.2) is 24.2 Å². The van der Waals surface area contributed by atoms with E-state index in [1.54, 1.807) is 0 Å². The molecule has 4 heteroatoms. The number of aryl methyl sites for hydroxylation is 2. The van der Waals surface area contributed by atoms with Crippen molar-refractivity contribution in [2.75, 3.05) is 11.9 Å². The fourth-order valence-electron chi connectivity index (χ4n) is 3.92. The number of carbonyl (C=O) groups is 1. The van der Waals surface area contributed by atoms with E-state index in [9.17, 15) is 4.79 Å². The van der Waals surface area contributed by atoms with Crippen LogP contribution in [0.5, 0.6) is 5.75 Å². The van der Waals surface area contributed by atoms with Crippen molar-refractivity contribution in [3.8, 4) is 5.75 Å². The normalized spacial score (nSPS) is 24.2. The van der Waals surface area contributed by atoms with E-state index in [1.807, 2.05) is 32.9 Å². The maximum atomic E-state index is 13.1. The Kier molecular flexibility index (Phi) is 7.10. The smallest absolute Gasteiger partial charge is 0.256 e. The molecule has 1 amide bonds. The van der Waals surface area contributed by atoms with Crippen molar-refractivity contribution in [3.05, 3.63) is 23.3 Å². The zero-order chi connectivity index (χ0) is 19.3. The number of carbonyl (C=O) groups excluding carboxylic acids is 1. The third kappa shape index (κ3) is 4.79. The van der Waals surface area contributed by atoms with Gasteiger partial charge in [-0.15, -0.1) is 0 Å². The van der Waals surface area contributed by atoms with Crippen LogP contribution in [0.15, 0.2) is 12.1 Å². The van der Waals surface area contributed by atoms with Crippen molar-refractivity contribution in [2.45, 2.75) is 85.4 Å². The Labute approximate surface area is 158 Å². The lowest BCUT2D eigenvalue weighted by Gasteiger charge is -2.38. The SMILES string of the molecule is CCO[C@]1(C(=O)Nc2cc(C)c(O[C@@H](C)CC)c(C)c2)CCC[C@@H](C)C1. The van der Waals surface area contributed by atoms with E-state index < -0.39 is 5.60 Å². The molecule has 1 aromatic rings. The summed E-state index contributed by atoms with van der Waals surface area (Å²) in [6.45, 7) is 13.0. The van der Waals surface area contributed by atoms with Gasteiger partial charge in [0.05, 0.1) is 6.10 Å². The first-order valence-corrected chi connectivity index (χ1v) is 10.0. The van der Waals surface area contributed by atoms with Gasteiger partial charge in [-0.3, -0.25) is 4.79 Å². The molecule has 0 bridgehead atoms. The predicted octanol–water partition coefficient (Wildman–Crippen LogP) is 5.40. The van der Waals surface area contributed by atoms with Gasteiger partial charge in [0.15, 0.2) is 0 Å². The molecule has 1 aromatic carbocycles. The van der Waals surface area contributed by atoms with E-state index in [0.29, 0.717) is 12.5 Å². The first-order valence-electron chi connectivity index (χ1n) is 10.0. The third-order valence-electron chi connectivity index (χ3n) is 5.40. The molecule has 2 rings (SSSR count). The summed E-state index contributed by atoms with van der Waals surface area (Å²) in [5.41, 5.74) is 2.21. The average molecular weight is 362 g/mol. The summed E-state index contributed by atoms with van der Waals surface area (Å²) < 4.78 is 12.0. The number of hydrogen-bond acceptors (Lipinski definition) is 3. The van der Waals surface area contributed by atoms with Gasteiger partial charge in [0.2, 0.25) is 0 Å². The molecular formula is C22H35NO3. The number of ether oxygens (including phenoxy) is 2. The second-order valence-electron chi connectivity index (χ2n) is 7.86. The molecule has 26 heavy (non-hydrogen) atoms. The van der Waals surface area contributed by atoms with Crippen molar-refractivity contribution in [2.24, 2.45) is 5.92 Å². The molecular weight excluding hydrogens is 326 g/mol. The molecule has 1 aliphatic rings. The lowest BCUT2D eigenvalue weighted by molar-refractivity contribution is -0.147. The summed E-state index contributed by atoms with van der Waals surface area (Å²) in [6.07, 6.45) is 4.94. The van der Waals surface area contributed by atoms with Crippen LogP contribution >= 0.6 is 0 Å². The van der Waals surface area contributed by atoms with Gasteiger partial charge in [0.25, 0.3) is 5.91 Å². The summed E-state index contributed by atoms with van der Waals surface area (Å²) in [5.74, 6) is 1.42. The quantitative estimate of drug-likeness (QED) is 0.707. The van der Waals surface area contributed by atoms with Gasteiger partial charge in [0.1, 0.15) is 11.4 Å². The first-order chi connectivity index (χ1) is 12.3. The highest BCUT2D eigenvalue weighted by Gasteiger charge is 2.42. The van der Waals surface area contributed by atoms with Gasteiger partial charge in [0, 0.05) is 12.3 Å². The minimum Gasteiger partial charge on any atom is -0.490 e. The fourth-order valence-corrected chi connectivity index (χ4v) is 3.92. The molecule has 0 radical (unpaired) electrons. The highest BCUT2D eigenvalue weighted by atomic mass is 16.5. The minimum atomic E-state index is -0.694. The maximum absolute atomic E-state index is 13.1. The van der Waals surface area contributed by atoms with Gasteiger partial charge >= 0.3 is 0 Å². The van der Waals surface area contributed by atoms with Crippen LogP contribution in [0.25, 0.3) is 0 Å². The highest BCUT2D eigenvalue weighted by Crippen LogP contribution is 2.37. The molecule has 0 unspecified atom stereocenters. The molecule has 146 valence electrons. The van der Waals surface area contributed by atoms with Gasteiger partial charge in [-0.1, -0.05) is 20.3 Å². The molecule has 0 aromatic heterocycles. The number of rotatable bonds is 7. The van der Waals surface area contributed by atoms with Crippen LogP contribution < -0.4 is 10.1 Å². The van der Waals surface area contributed by atoms with E-state index in [1.165, 1.54) is 6.42 Å². The van der Waals surface area contributed by atoms with Crippen LogP contribution in [0.3, 0.4) is 0 Å². The summed E-state index contributed by atoms with van der Waals surface area (Å²) in [5, 5.41) is 3.11. The van der Waals surface area contributed by atoms with Crippen LogP contribution in [-0.2, 0) is 9.53 Å². The zero-order valence-electron chi connectivity index (χ0n) is 17.3. The van der Waals surface area contributed by atoms with Crippen molar-refractivity contribution >= 4 is 11.6 Å². The second-order valence-corrected chi connectivity index (χ2v) is 7.86. The monoisotopic (exact) mass is 361 g/mol. The Morgan fingerprint density at radius 1 is 1.31 bits per heavy atom. The van der Waals surface area contributed by atoms with E-state index >= 15 is 0 Å². The topological polar surface area (TPSA) is 47.6 Å². The van der Waals surface area contributed by atoms with E-state index in [2.05, 4.69) is 26.1 Å². The third-order valence-corrected chi connectivity index (χ3v) is 5.40. The van der Waals surface area contributed by atoms with Gasteiger partial charge in [-0.2, -0.15) is 0 Å². The van der Waals surface area contributed by atoms with Crippen LogP contribution in [0.1, 0.15) is 70.9 Å². The molecule has 1 aliphatic carbocycles. The first kappa shape index (κ1) is 20.8. The number of anilines is 1. The molecule has 4 nitrogen and oxygen atoms in total. The number of nitrogens with one attached hydrogen (secondary N) is 1. The summed E-state index contributed by atoms with van der Waals surface area (Å²) in [6, 6.07) is 3.99. The molecule has 0 spiro atoms. The molecule has 0 aliphatic heterocycles. The van der Waals surface area contributed by atoms with E-state index in [4.69, 9.17) is 9.47 Å². The number of benzene rings is 1. The van der Waals surface area contributed by atoms with Crippen LogP contribution in [0.4, 0.5) is 5.69 Å². The Morgan fingerprint density at radius 3 is 2.50 bits per heavy atom.